The predicted octanol–water partition coefficient (Wildman–Crippen LogP) is 8.00. The van der Waals surface area contributed by atoms with E-state index in [9.17, 15) is 0 Å². The summed E-state index contributed by atoms with van der Waals surface area (Å²) in [5.74, 6) is -14.4. The van der Waals surface area contributed by atoms with Gasteiger partial charge in [-0.25, -0.2) is 35.1 Å². The van der Waals surface area contributed by atoms with Gasteiger partial charge >= 0.3 is 0 Å². The normalized spacial score (nSPS) is 34.4. The topological polar surface area (TPSA) is 36.1 Å². The maximum atomic E-state index is 15.4. The molecule has 8 rings (SSSR count). The van der Waals surface area contributed by atoms with Crippen molar-refractivity contribution in [3.8, 4) is 11.1 Å². The summed E-state index contributed by atoms with van der Waals surface area (Å²) < 4.78 is 123. The van der Waals surface area contributed by atoms with Gasteiger partial charge in [0.25, 0.3) is 0 Å². The van der Waals surface area contributed by atoms with Crippen LogP contribution in [0.3, 0.4) is 0 Å². The van der Waals surface area contributed by atoms with Crippen molar-refractivity contribution in [3.05, 3.63) is 52.1 Å². The molecule has 2 heterocycles. The highest BCUT2D eigenvalue weighted by Crippen LogP contribution is 2.55. The van der Waals surface area contributed by atoms with Crippen molar-refractivity contribution in [2.45, 2.75) is 89.3 Å². The average Bonchev–Trinajstić information content (AvgIpc) is 3.02. The smallest absolute Gasteiger partial charge is 0.185 e. The van der Waals surface area contributed by atoms with E-state index in [0.717, 1.165) is 51.5 Å². The molecule has 45 heavy (non-hydrogen) atoms. The lowest BCUT2D eigenvalue weighted by Crippen LogP contribution is -2.54. The first kappa shape index (κ1) is 31.2. The molecule has 11 heteroatoms. The van der Waals surface area contributed by atoms with E-state index in [4.69, 9.17) is 0 Å². The molecule has 4 bridgehead atoms. The van der Waals surface area contributed by atoms with Crippen molar-refractivity contribution in [1.82, 2.24) is 10.6 Å². The third kappa shape index (κ3) is 5.43. The zero-order valence-corrected chi connectivity index (χ0v) is 25.2. The lowest BCUT2D eigenvalue weighted by Gasteiger charge is -2.54. The minimum Gasteiger partial charge on any atom is -0.377 e. The fourth-order valence-corrected chi connectivity index (χ4v) is 9.65. The first-order valence-electron chi connectivity index (χ1n) is 16.5. The van der Waals surface area contributed by atoms with Crippen LogP contribution in [0, 0.1) is 82.0 Å². The summed E-state index contributed by atoms with van der Waals surface area (Å²) in [6, 6.07) is -0.244. The molecule has 0 amide bonds. The number of hydrogen-bond acceptors (Lipinski definition) is 3. The molecule has 0 radical (unpaired) electrons. The zero-order valence-electron chi connectivity index (χ0n) is 25.2. The second-order valence-electron chi connectivity index (χ2n) is 14.6. The third-order valence-electron chi connectivity index (χ3n) is 11.6. The van der Waals surface area contributed by atoms with E-state index < -0.39 is 75.0 Å². The van der Waals surface area contributed by atoms with E-state index >= 15 is 35.1 Å². The number of rotatable bonds is 6. The molecular formula is C34H39F8N3. The first-order chi connectivity index (χ1) is 21.5. The highest BCUT2D eigenvalue weighted by molar-refractivity contribution is 5.71. The Morgan fingerprint density at radius 2 is 1.07 bits per heavy atom. The SMILES string of the molecule is CC1CCNC(C2CC(Cc3c(F)c(F)c(-c4c(F)c(F)c(NC5C6CC7CC(C6)CC5C7)c(F)c4F)c(F)c3F)CCN2)C1. The molecule has 246 valence electrons. The van der Waals surface area contributed by atoms with Gasteiger partial charge in [0.2, 0.25) is 0 Å². The van der Waals surface area contributed by atoms with Crippen LogP contribution in [0.25, 0.3) is 11.1 Å². The lowest BCUT2D eigenvalue weighted by atomic mass is 9.54. The minimum absolute atomic E-state index is 0.00623. The van der Waals surface area contributed by atoms with Crippen LogP contribution >= 0.6 is 0 Å². The number of nitrogens with one attached hydrogen (secondary N) is 3. The average molecular weight is 642 g/mol. The van der Waals surface area contributed by atoms with Gasteiger partial charge in [-0.15, -0.1) is 0 Å². The molecule has 6 fully saturated rings. The molecule has 3 nitrogen and oxygen atoms in total. The van der Waals surface area contributed by atoms with E-state index in [2.05, 4.69) is 22.9 Å². The molecule has 2 aliphatic heterocycles. The maximum absolute atomic E-state index is 15.4. The first-order valence-corrected chi connectivity index (χ1v) is 16.5. The Morgan fingerprint density at radius 1 is 0.578 bits per heavy atom. The van der Waals surface area contributed by atoms with Crippen LogP contribution in [0.2, 0.25) is 0 Å². The maximum Gasteiger partial charge on any atom is 0.185 e. The summed E-state index contributed by atoms with van der Waals surface area (Å²) in [5, 5.41) is 9.56. The standard InChI is InChI=1S/C34H39F8N3/c1-14-2-4-43-21(6-14)22-13-15(3-5-44-22)12-20-25(35)27(37)23(28(38)26(20)36)24-29(39)31(41)34(32(42)30(24)40)45-33-18-8-16-7-17(10-18)11-19(33)9-16/h14-19,21-22,33,43-45H,2-13H2,1H3. The third-order valence-corrected chi connectivity index (χ3v) is 11.6. The Balaban J connectivity index is 1.17. The van der Waals surface area contributed by atoms with Gasteiger partial charge in [0.15, 0.2) is 46.5 Å². The Morgan fingerprint density at radius 3 is 1.60 bits per heavy atom. The second-order valence-corrected chi connectivity index (χ2v) is 14.6. The van der Waals surface area contributed by atoms with Crippen LogP contribution in [0.5, 0.6) is 0 Å². The van der Waals surface area contributed by atoms with E-state index in [1.54, 1.807) is 0 Å². The Kier molecular flexibility index (Phi) is 8.32. The fourth-order valence-electron chi connectivity index (χ4n) is 9.65. The number of benzene rings is 2. The van der Waals surface area contributed by atoms with Gasteiger partial charge in [0.05, 0.1) is 11.1 Å². The molecule has 4 atom stereocenters. The zero-order chi connectivity index (χ0) is 31.7. The van der Waals surface area contributed by atoms with Gasteiger partial charge in [0.1, 0.15) is 5.69 Å². The Hall–Kier alpha value is -2.40. The monoisotopic (exact) mass is 641 g/mol. The Bertz CT molecular complexity index is 1390. The van der Waals surface area contributed by atoms with Crippen LogP contribution in [0.4, 0.5) is 40.8 Å². The van der Waals surface area contributed by atoms with E-state index in [0.29, 0.717) is 37.1 Å². The van der Waals surface area contributed by atoms with Crippen LogP contribution in [0.15, 0.2) is 0 Å². The van der Waals surface area contributed by atoms with E-state index in [1.807, 2.05) is 0 Å². The summed E-state index contributed by atoms with van der Waals surface area (Å²) in [5.41, 5.74) is -5.55. The van der Waals surface area contributed by atoms with Crippen molar-refractivity contribution in [1.29, 1.82) is 0 Å². The summed E-state index contributed by atoms with van der Waals surface area (Å²) in [6.07, 6.45) is 7.18. The van der Waals surface area contributed by atoms with E-state index in [-0.39, 0.29) is 36.3 Å². The van der Waals surface area contributed by atoms with Gasteiger partial charge in [-0.05, 0) is 113 Å². The van der Waals surface area contributed by atoms with E-state index in [1.165, 1.54) is 0 Å². The molecule has 3 N–H and O–H groups in total. The molecule has 4 unspecified atom stereocenters. The van der Waals surface area contributed by atoms with Crippen LogP contribution < -0.4 is 16.0 Å². The summed E-state index contributed by atoms with van der Waals surface area (Å²) >= 11 is 0. The van der Waals surface area contributed by atoms with Crippen molar-refractivity contribution < 1.29 is 35.1 Å². The quantitative estimate of drug-likeness (QED) is 0.221. The second kappa shape index (κ2) is 12.0. The molecule has 4 saturated carbocycles. The van der Waals surface area contributed by atoms with Gasteiger partial charge in [-0.2, -0.15) is 0 Å². The molecule has 6 aliphatic rings. The summed E-state index contributed by atoms with van der Waals surface area (Å²) in [7, 11) is 0. The highest BCUT2D eigenvalue weighted by Gasteiger charge is 2.49. The van der Waals surface area contributed by atoms with Gasteiger partial charge < -0.3 is 16.0 Å². The molecule has 0 spiro atoms. The molecule has 2 aromatic rings. The van der Waals surface area contributed by atoms with Crippen molar-refractivity contribution in [3.63, 3.8) is 0 Å². The number of piperidine rings is 2. The van der Waals surface area contributed by atoms with Crippen molar-refractivity contribution in [2.24, 2.45) is 35.5 Å². The number of anilines is 1. The molecule has 0 aromatic heterocycles. The highest BCUT2D eigenvalue weighted by atomic mass is 19.2. The predicted molar refractivity (Wildman–Crippen MR) is 154 cm³/mol. The van der Waals surface area contributed by atoms with Gasteiger partial charge in [0, 0.05) is 23.7 Å². The largest absolute Gasteiger partial charge is 0.377 e. The molecule has 2 saturated heterocycles. The number of hydrogen-bond donors (Lipinski definition) is 3. The fraction of sp³-hybridized carbons (Fsp3) is 0.647. The van der Waals surface area contributed by atoms with Gasteiger partial charge in [-0.1, -0.05) is 6.92 Å². The van der Waals surface area contributed by atoms with Crippen LogP contribution in [-0.4, -0.2) is 31.2 Å². The molecule has 4 aliphatic carbocycles. The van der Waals surface area contributed by atoms with Crippen LogP contribution in [0.1, 0.15) is 70.3 Å². The molecular weight excluding hydrogens is 602 g/mol. The van der Waals surface area contributed by atoms with Crippen LogP contribution in [-0.2, 0) is 6.42 Å². The van der Waals surface area contributed by atoms with Crippen molar-refractivity contribution in [2.75, 3.05) is 18.4 Å². The minimum atomic E-state index is -2.11. The number of halogens is 8. The Labute approximate surface area is 257 Å². The molecule has 2 aromatic carbocycles. The van der Waals surface area contributed by atoms with Gasteiger partial charge in [-0.3, -0.25) is 0 Å². The summed E-state index contributed by atoms with van der Waals surface area (Å²) in [4.78, 5) is 0. The van der Waals surface area contributed by atoms with Crippen molar-refractivity contribution >= 4 is 5.69 Å². The summed E-state index contributed by atoms with van der Waals surface area (Å²) in [6.45, 7) is 3.55. The lowest BCUT2D eigenvalue weighted by molar-refractivity contribution is 0.00730.